The number of rotatable bonds is 5. The second-order valence-corrected chi connectivity index (χ2v) is 5.37. The van der Waals surface area contributed by atoms with Crippen molar-refractivity contribution < 1.29 is 18.8 Å². The van der Waals surface area contributed by atoms with Crippen molar-refractivity contribution in [2.75, 3.05) is 11.9 Å². The number of aliphatic hydroxyl groups is 1. The van der Waals surface area contributed by atoms with Crippen LogP contribution < -0.4 is 5.32 Å². The summed E-state index contributed by atoms with van der Waals surface area (Å²) in [5.74, 6) is -1.75. The van der Waals surface area contributed by atoms with E-state index in [1.54, 1.807) is 6.07 Å². The molecule has 0 saturated carbocycles. The Hall–Kier alpha value is -2.06. The van der Waals surface area contributed by atoms with E-state index in [1.807, 2.05) is 0 Å². The van der Waals surface area contributed by atoms with Gasteiger partial charge < -0.3 is 10.4 Å². The smallest absolute Gasteiger partial charge is 0.293 e. The summed E-state index contributed by atoms with van der Waals surface area (Å²) in [6.07, 6.45) is -1.48. The highest BCUT2D eigenvalue weighted by Crippen LogP contribution is 2.29. The average Bonchev–Trinajstić information content (AvgIpc) is 2.45. The largest absolute Gasteiger partial charge is 0.386 e. The normalized spacial score (nSPS) is 12.0. The predicted molar refractivity (Wildman–Crippen MR) is 80.6 cm³/mol. The average molecular weight is 373 g/mol. The molecule has 2 N–H and O–H groups in total. The maximum atomic E-state index is 13.5. The molecule has 2 aromatic carbocycles. The summed E-state index contributed by atoms with van der Waals surface area (Å²) in [5, 5.41) is 23.5. The summed E-state index contributed by atoms with van der Waals surface area (Å²) < 4.78 is 27.6. The molecule has 0 aromatic heterocycles. The first-order chi connectivity index (χ1) is 10.4. The molecule has 116 valence electrons. The molecule has 0 amide bonds. The Balaban J connectivity index is 2.18. The van der Waals surface area contributed by atoms with Crippen molar-refractivity contribution in [1.29, 1.82) is 0 Å². The fourth-order valence-electron chi connectivity index (χ4n) is 1.94. The van der Waals surface area contributed by atoms with E-state index < -0.39 is 28.2 Å². The third-order valence-electron chi connectivity index (χ3n) is 2.98. The van der Waals surface area contributed by atoms with Crippen LogP contribution in [0.5, 0.6) is 0 Å². The van der Waals surface area contributed by atoms with E-state index in [1.165, 1.54) is 18.2 Å². The van der Waals surface area contributed by atoms with Crippen molar-refractivity contribution in [3.8, 4) is 0 Å². The van der Waals surface area contributed by atoms with Crippen molar-refractivity contribution in [2.45, 2.75) is 6.10 Å². The molecule has 0 aliphatic rings. The Labute approximate surface area is 132 Å². The monoisotopic (exact) mass is 372 g/mol. The van der Waals surface area contributed by atoms with Gasteiger partial charge in [-0.2, -0.15) is 0 Å². The zero-order valence-corrected chi connectivity index (χ0v) is 12.7. The maximum absolute atomic E-state index is 13.5. The Kier molecular flexibility index (Phi) is 5.04. The van der Waals surface area contributed by atoms with Crippen molar-refractivity contribution >= 4 is 27.3 Å². The molecule has 5 nitrogen and oxygen atoms in total. The highest BCUT2D eigenvalue weighted by Gasteiger charge is 2.20. The van der Waals surface area contributed by atoms with Gasteiger partial charge in [0.05, 0.1) is 10.5 Å². The molecule has 0 heterocycles. The van der Waals surface area contributed by atoms with Crippen molar-refractivity contribution in [3.63, 3.8) is 0 Å². The molecule has 0 aliphatic carbocycles. The number of nitro benzene ring substituents is 1. The molecule has 0 saturated heterocycles. The van der Waals surface area contributed by atoms with Gasteiger partial charge in [-0.3, -0.25) is 10.1 Å². The lowest BCUT2D eigenvalue weighted by atomic mass is 10.1. The number of aliphatic hydroxyl groups excluding tert-OH is 1. The number of benzene rings is 2. The summed E-state index contributed by atoms with van der Waals surface area (Å²) in [7, 11) is 0. The molecular formula is C14H11BrF2N2O3. The van der Waals surface area contributed by atoms with Gasteiger partial charge in [0.2, 0.25) is 0 Å². The molecule has 0 fully saturated rings. The first-order valence-corrected chi connectivity index (χ1v) is 6.99. The number of nitrogens with zero attached hydrogens (tertiary/aromatic N) is 1. The van der Waals surface area contributed by atoms with E-state index in [0.29, 0.717) is 4.47 Å². The van der Waals surface area contributed by atoms with E-state index in [4.69, 9.17) is 0 Å². The Morgan fingerprint density at radius 3 is 2.50 bits per heavy atom. The molecule has 2 aromatic rings. The highest BCUT2D eigenvalue weighted by molar-refractivity contribution is 9.10. The van der Waals surface area contributed by atoms with Crippen LogP contribution in [0.3, 0.4) is 0 Å². The minimum absolute atomic E-state index is 0.143. The highest BCUT2D eigenvalue weighted by atomic mass is 79.9. The van der Waals surface area contributed by atoms with E-state index >= 15 is 0 Å². The standard InChI is InChI=1S/C14H11BrF2N2O3/c15-8-4-5-11(12(6-8)19(21)22)18-7-13(20)14-9(16)2-1-3-10(14)17/h1-6,13,18,20H,7H2. The number of hydrogen-bond donors (Lipinski definition) is 2. The Bertz CT molecular complexity index is 692. The van der Waals surface area contributed by atoms with Gasteiger partial charge in [-0.05, 0) is 24.3 Å². The Morgan fingerprint density at radius 2 is 1.91 bits per heavy atom. The molecule has 0 spiro atoms. The molecule has 8 heteroatoms. The Morgan fingerprint density at radius 1 is 1.27 bits per heavy atom. The summed E-state index contributed by atoms with van der Waals surface area (Å²) in [6, 6.07) is 7.55. The molecule has 0 bridgehead atoms. The first-order valence-electron chi connectivity index (χ1n) is 6.20. The summed E-state index contributed by atoms with van der Waals surface area (Å²) >= 11 is 3.12. The lowest BCUT2D eigenvalue weighted by molar-refractivity contribution is -0.384. The number of anilines is 1. The molecule has 1 atom stereocenters. The third-order valence-corrected chi connectivity index (χ3v) is 3.47. The molecule has 1 unspecified atom stereocenters. The maximum Gasteiger partial charge on any atom is 0.293 e. The van der Waals surface area contributed by atoms with E-state index in [2.05, 4.69) is 21.2 Å². The zero-order chi connectivity index (χ0) is 16.3. The fraction of sp³-hybridized carbons (Fsp3) is 0.143. The molecule has 22 heavy (non-hydrogen) atoms. The van der Waals surface area contributed by atoms with Gasteiger partial charge in [0.15, 0.2) is 0 Å². The molecular weight excluding hydrogens is 362 g/mol. The molecule has 0 aliphatic heterocycles. The summed E-state index contributed by atoms with van der Waals surface area (Å²) in [6.45, 7) is -0.277. The topological polar surface area (TPSA) is 75.4 Å². The van der Waals surface area contributed by atoms with E-state index in [9.17, 15) is 24.0 Å². The van der Waals surface area contributed by atoms with Crippen LogP contribution in [-0.2, 0) is 0 Å². The van der Waals surface area contributed by atoms with Crippen LogP contribution in [0.1, 0.15) is 11.7 Å². The second kappa shape index (κ2) is 6.80. The van der Waals surface area contributed by atoms with Crippen LogP contribution >= 0.6 is 15.9 Å². The van der Waals surface area contributed by atoms with Gasteiger partial charge in [0.1, 0.15) is 23.4 Å². The lowest BCUT2D eigenvalue weighted by Crippen LogP contribution is -2.15. The van der Waals surface area contributed by atoms with Crippen LogP contribution in [0.15, 0.2) is 40.9 Å². The lowest BCUT2D eigenvalue weighted by Gasteiger charge is -2.14. The zero-order valence-electron chi connectivity index (χ0n) is 11.1. The van der Waals surface area contributed by atoms with Crippen LogP contribution in [0.25, 0.3) is 0 Å². The van der Waals surface area contributed by atoms with Gasteiger partial charge in [-0.25, -0.2) is 8.78 Å². The van der Waals surface area contributed by atoms with Gasteiger partial charge in [0, 0.05) is 17.1 Å². The van der Waals surface area contributed by atoms with Gasteiger partial charge in [0.25, 0.3) is 5.69 Å². The van der Waals surface area contributed by atoms with Crippen LogP contribution in [-0.4, -0.2) is 16.6 Å². The van der Waals surface area contributed by atoms with Crippen molar-refractivity contribution in [1.82, 2.24) is 0 Å². The second-order valence-electron chi connectivity index (χ2n) is 4.45. The van der Waals surface area contributed by atoms with Crippen LogP contribution in [0.4, 0.5) is 20.2 Å². The molecule has 2 rings (SSSR count). The summed E-state index contributed by atoms with van der Waals surface area (Å²) in [5.41, 5.74) is -0.547. The van der Waals surface area contributed by atoms with Gasteiger partial charge >= 0.3 is 0 Å². The summed E-state index contributed by atoms with van der Waals surface area (Å²) in [4.78, 5) is 10.4. The van der Waals surface area contributed by atoms with Crippen molar-refractivity contribution in [2.24, 2.45) is 0 Å². The quantitative estimate of drug-likeness (QED) is 0.618. The SMILES string of the molecule is O=[N+]([O-])c1cc(Br)ccc1NCC(O)c1c(F)cccc1F. The van der Waals surface area contributed by atoms with Gasteiger partial charge in [-0.1, -0.05) is 22.0 Å². The first kappa shape index (κ1) is 16.3. The number of nitrogens with one attached hydrogen (secondary N) is 1. The predicted octanol–water partition coefficient (Wildman–Crippen LogP) is 3.78. The minimum atomic E-state index is -1.48. The van der Waals surface area contributed by atoms with Crippen LogP contribution in [0, 0.1) is 21.7 Å². The van der Waals surface area contributed by atoms with E-state index in [0.717, 1.165) is 12.1 Å². The number of halogens is 3. The van der Waals surface area contributed by atoms with Crippen molar-refractivity contribution in [3.05, 3.63) is 68.2 Å². The van der Waals surface area contributed by atoms with Crippen LogP contribution in [0.2, 0.25) is 0 Å². The third kappa shape index (κ3) is 3.58. The number of hydrogen-bond acceptors (Lipinski definition) is 4. The van der Waals surface area contributed by atoms with Gasteiger partial charge in [-0.15, -0.1) is 0 Å². The minimum Gasteiger partial charge on any atom is -0.386 e. The van der Waals surface area contributed by atoms with E-state index in [-0.39, 0.29) is 17.9 Å². The number of nitro groups is 1. The fourth-order valence-corrected chi connectivity index (χ4v) is 2.29. The molecule has 0 radical (unpaired) electrons.